The Hall–Kier alpha value is -1.92. The van der Waals surface area contributed by atoms with Crippen LogP contribution in [-0.4, -0.2) is 85.4 Å². The summed E-state index contributed by atoms with van der Waals surface area (Å²) in [6.45, 7) is 8.43. The monoisotopic (exact) mass is 386 g/mol. The van der Waals surface area contributed by atoms with Gasteiger partial charge in [0.15, 0.2) is 0 Å². The summed E-state index contributed by atoms with van der Waals surface area (Å²) in [7, 11) is 2.15. The predicted molar refractivity (Wildman–Crippen MR) is 111 cm³/mol. The van der Waals surface area contributed by atoms with Crippen molar-refractivity contribution in [1.82, 2.24) is 20.0 Å². The minimum atomic E-state index is -0.0897. The summed E-state index contributed by atoms with van der Waals surface area (Å²) >= 11 is 0. The number of hydrogen-bond acceptors (Lipinski definition) is 4. The molecule has 1 aromatic carbocycles. The van der Waals surface area contributed by atoms with Crippen LogP contribution in [0.5, 0.6) is 0 Å². The largest absolute Gasteiger partial charge is 0.354 e. The number of likely N-dealkylation sites (N-methyl/N-ethyl adjacent to an activating group) is 1. The number of benzene rings is 1. The Morgan fingerprint density at radius 2 is 1.82 bits per heavy atom. The van der Waals surface area contributed by atoms with Crippen molar-refractivity contribution in [3.05, 3.63) is 35.9 Å². The maximum absolute atomic E-state index is 12.7. The van der Waals surface area contributed by atoms with E-state index in [4.69, 9.17) is 0 Å². The van der Waals surface area contributed by atoms with Gasteiger partial charge in [-0.1, -0.05) is 30.3 Å². The number of carbonyl (C=O) groups is 2. The molecular weight excluding hydrogens is 352 g/mol. The van der Waals surface area contributed by atoms with Crippen molar-refractivity contribution in [2.45, 2.75) is 32.2 Å². The van der Waals surface area contributed by atoms with Crippen LogP contribution in [0.1, 0.15) is 25.3 Å². The Balaban J connectivity index is 1.44. The van der Waals surface area contributed by atoms with Gasteiger partial charge < -0.3 is 15.1 Å². The van der Waals surface area contributed by atoms with Gasteiger partial charge in [-0.05, 0) is 32.4 Å². The van der Waals surface area contributed by atoms with E-state index in [1.165, 1.54) is 0 Å². The number of nitrogens with zero attached hydrogens (tertiary/aromatic N) is 3. The first-order valence-electron chi connectivity index (χ1n) is 10.5. The van der Waals surface area contributed by atoms with E-state index < -0.39 is 0 Å². The van der Waals surface area contributed by atoms with Gasteiger partial charge in [0.1, 0.15) is 0 Å². The molecule has 0 spiro atoms. The smallest absolute Gasteiger partial charge is 0.227 e. The van der Waals surface area contributed by atoms with Gasteiger partial charge in [-0.15, -0.1) is 0 Å². The van der Waals surface area contributed by atoms with Crippen molar-refractivity contribution in [2.75, 3.05) is 52.9 Å². The zero-order valence-corrected chi connectivity index (χ0v) is 17.3. The Kier molecular flexibility index (Phi) is 7.45. The van der Waals surface area contributed by atoms with Crippen molar-refractivity contribution in [2.24, 2.45) is 5.92 Å². The lowest BCUT2D eigenvalue weighted by molar-refractivity contribution is -0.135. The van der Waals surface area contributed by atoms with Crippen molar-refractivity contribution >= 4 is 11.8 Å². The average Bonchev–Trinajstić information content (AvgIpc) is 2.73. The molecule has 154 valence electrons. The van der Waals surface area contributed by atoms with Crippen molar-refractivity contribution in [1.29, 1.82) is 0 Å². The second-order valence-electron chi connectivity index (χ2n) is 8.27. The fraction of sp³-hybridized carbons (Fsp3) is 0.636. The molecule has 0 aliphatic carbocycles. The molecule has 2 unspecified atom stereocenters. The lowest BCUT2D eigenvalue weighted by Crippen LogP contribution is -2.52. The molecule has 0 saturated carbocycles. The second kappa shape index (κ2) is 10.0. The minimum Gasteiger partial charge on any atom is -0.354 e. The van der Waals surface area contributed by atoms with Gasteiger partial charge in [-0.2, -0.15) is 0 Å². The van der Waals surface area contributed by atoms with Crippen LogP contribution >= 0.6 is 0 Å². The highest BCUT2D eigenvalue weighted by atomic mass is 16.2. The van der Waals surface area contributed by atoms with Crippen molar-refractivity contribution in [3.63, 3.8) is 0 Å². The minimum absolute atomic E-state index is 0.0897. The van der Waals surface area contributed by atoms with E-state index in [2.05, 4.69) is 29.1 Å². The van der Waals surface area contributed by atoms with Gasteiger partial charge in [-0.25, -0.2) is 0 Å². The predicted octanol–water partition coefficient (Wildman–Crippen LogP) is 1.22. The number of piperidine rings is 1. The molecule has 0 bridgehead atoms. The lowest BCUT2D eigenvalue weighted by atomic mass is 9.96. The topological polar surface area (TPSA) is 55.9 Å². The summed E-state index contributed by atoms with van der Waals surface area (Å²) in [4.78, 5) is 32.0. The van der Waals surface area contributed by atoms with Crippen molar-refractivity contribution < 1.29 is 9.59 Å². The first-order chi connectivity index (χ1) is 13.5. The van der Waals surface area contributed by atoms with Crippen LogP contribution in [0.3, 0.4) is 0 Å². The fourth-order valence-corrected chi connectivity index (χ4v) is 4.08. The van der Waals surface area contributed by atoms with Gasteiger partial charge in [0.2, 0.25) is 11.8 Å². The van der Waals surface area contributed by atoms with Gasteiger partial charge in [0.25, 0.3) is 0 Å². The number of rotatable bonds is 6. The SMILES string of the molecule is CC(CNC(=O)C1CCCN(C(=O)Cc2ccccc2)C1)N1CCN(C)CC1. The van der Waals surface area contributed by atoms with Crippen molar-refractivity contribution in [3.8, 4) is 0 Å². The Bertz CT molecular complexity index is 643. The van der Waals surface area contributed by atoms with Crippen LogP contribution in [-0.2, 0) is 16.0 Å². The highest BCUT2D eigenvalue weighted by Crippen LogP contribution is 2.18. The first kappa shape index (κ1) is 20.8. The van der Waals surface area contributed by atoms with E-state index in [0.29, 0.717) is 25.6 Å². The molecule has 0 aromatic heterocycles. The molecule has 1 aromatic rings. The van der Waals surface area contributed by atoms with Crippen LogP contribution in [0.4, 0.5) is 0 Å². The quantitative estimate of drug-likeness (QED) is 0.799. The maximum Gasteiger partial charge on any atom is 0.227 e. The molecule has 1 N–H and O–H groups in total. The molecule has 2 atom stereocenters. The molecule has 6 heteroatoms. The molecule has 2 heterocycles. The summed E-state index contributed by atoms with van der Waals surface area (Å²) in [5.41, 5.74) is 1.03. The lowest BCUT2D eigenvalue weighted by Gasteiger charge is -2.37. The van der Waals surface area contributed by atoms with Crippen LogP contribution in [0.2, 0.25) is 0 Å². The van der Waals surface area contributed by atoms with Gasteiger partial charge >= 0.3 is 0 Å². The summed E-state index contributed by atoms with van der Waals surface area (Å²) < 4.78 is 0. The normalized spacial score (nSPS) is 22.6. The molecule has 0 radical (unpaired) electrons. The number of amides is 2. The first-order valence-corrected chi connectivity index (χ1v) is 10.5. The summed E-state index contributed by atoms with van der Waals surface area (Å²) in [5.74, 6) is 0.126. The molecular formula is C22H34N4O2. The summed E-state index contributed by atoms with van der Waals surface area (Å²) in [6, 6.07) is 10.2. The fourth-order valence-electron chi connectivity index (χ4n) is 4.08. The van der Waals surface area contributed by atoms with Gasteiger partial charge in [0.05, 0.1) is 12.3 Å². The highest BCUT2D eigenvalue weighted by molar-refractivity contribution is 5.82. The Morgan fingerprint density at radius 3 is 2.54 bits per heavy atom. The Morgan fingerprint density at radius 1 is 1.11 bits per heavy atom. The van der Waals surface area contributed by atoms with E-state index in [0.717, 1.165) is 51.1 Å². The number of hydrogen-bond donors (Lipinski definition) is 1. The van der Waals surface area contributed by atoms with E-state index in [9.17, 15) is 9.59 Å². The van der Waals surface area contributed by atoms with Crippen LogP contribution in [0, 0.1) is 5.92 Å². The average molecular weight is 387 g/mol. The molecule has 3 rings (SSSR count). The third kappa shape index (κ3) is 5.79. The molecule has 2 saturated heterocycles. The second-order valence-corrected chi connectivity index (χ2v) is 8.27. The van der Waals surface area contributed by atoms with Crippen LogP contribution in [0.25, 0.3) is 0 Å². The summed E-state index contributed by atoms with van der Waals surface area (Å²) in [5, 5.41) is 3.14. The molecule has 2 amide bonds. The summed E-state index contributed by atoms with van der Waals surface area (Å²) in [6.07, 6.45) is 2.17. The van der Waals surface area contributed by atoms with Crippen LogP contribution < -0.4 is 5.32 Å². The number of piperazine rings is 1. The standard InChI is InChI=1S/C22H34N4O2/c1-18(25-13-11-24(2)12-14-25)16-23-22(28)20-9-6-10-26(17-20)21(27)15-19-7-4-3-5-8-19/h3-5,7-8,18,20H,6,9-17H2,1-2H3,(H,23,28). The number of carbonyl (C=O) groups excluding carboxylic acids is 2. The van der Waals surface area contributed by atoms with E-state index >= 15 is 0 Å². The van der Waals surface area contributed by atoms with E-state index in [1.54, 1.807) is 0 Å². The van der Waals surface area contributed by atoms with Crippen LogP contribution in [0.15, 0.2) is 30.3 Å². The highest BCUT2D eigenvalue weighted by Gasteiger charge is 2.29. The number of nitrogens with one attached hydrogen (secondary N) is 1. The molecule has 2 aliphatic rings. The third-order valence-electron chi connectivity index (χ3n) is 6.08. The van der Waals surface area contributed by atoms with Gasteiger partial charge in [0, 0.05) is 51.9 Å². The molecule has 2 fully saturated rings. The molecule has 2 aliphatic heterocycles. The maximum atomic E-state index is 12.7. The zero-order chi connectivity index (χ0) is 19.9. The third-order valence-corrected chi connectivity index (χ3v) is 6.08. The van der Waals surface area contributed by atoms with E-state index in [1.807, 2.05) is 35.2 Å². The van der Waals surface area contributed by atoms with E-state index in [-0.39, 0.29) is 17.7 Å². The zero-order valence-electron chi connectivity index (χ0n) is 17.3. The van der Waals surface area contributed by atoms with Gasteiger partial charge in [-0.3, -0.25) is 14.5 Å². The molecule has 28 heavy (non-hydrogen) atoms. The number of likely N-dealkylation sites (tertiary alicyclic amines) is 1. The molecule has 6 nitrogen and oxygen atoms in total. The Labute approximate surface area is 168 Å².